The van der Waals surface area contributed by atoms with E-state index in [0.717, 1.165) is 0 Å². The Morgan fingerprint density at radius 2 is 2.08 bits per heavy atom. The van der Waals surface area contributed by atoms with E-state index in [0.29, 0.717) is 6.04 Å². The summed E-state index contributed by atoms with van der Waals surface area (Å²) in [5, 5.41) is 3.53. The van der Waals surface area contributed by atoms with Crippen LogP contribution in [-0.4, -0.2) is 24.1 Å². The predicted octanol–water partition coefficient (Wildman–Crippen LogP) is 2.91. The van der Waals surface area contributed by atoms with Crippen LogP contribution < -0.4 is 5.32 Å². The molecule has 0 amide bonds. The summed E-state index contributed by atoms with van der Waals surface area (Å²) >= 11 is 2.01. The zero-order valence-electron chi connectivity index (χ0n) is 8.73. The second-order valence-corrected chi connectivity index (χ2v) is 4.59. The van der Waals surface area contributed by atoms with Crippen LogP contribution in [0.15, 0.2) is 0 Å². The first-order chi connectivity index (χ1) is 5.81. The van der Waals surface area contributed by atoms with E-state index in [-0.39, 0.29) is 0 Å². The molecule has 1 nitrogen and oxygen atoms in total. The van der Waals surface area contributed by atoms with E-state index in [1.807, 2.05) is 11.8 Å². The highest BCUT2D eigenvalue weighted by atomic mass is 32.2. The molecule has 0 rings (SSSR count). The summed E-state index contributed by atoms with van der Waals surface area (Å²) < 4.78 is 0. The molecule has 2 heteroatoms. The summed E-state index contributed by atoms with van der Waals surface area (Å²) in [5.41, 5.74) is 0. The van der Waals surface area contributed by atoms with Gasteiger partial charge in [-0.05, 0) is 19.1 Å². The second kappa shape index (κ2) is 9.40. The molecule has 0 saturated carbocycles. The third-order valence-electron chi connectivity index (χ3n) is 1.93. The maximum Gasteiger partial charge on any atom is 0.00580 e. The van der Waals surface area contributed by atoms with Crippen molar-refractivity contribution < 1.29 is 0 Å². The first-order valence-corrected chi connectivity index (χ1v) is 6.27. The fourth-order valence-electron chi connectivity index (χ4n) is 1.13. The van der Waals surface area contributed by atoms with Crippen molar-refractivity contribution in [3.8, 4) is 0 Å². The van der Waals surface area contributed by atoms with Gasteiger partial charge in [-0.15, -0.1) is 0 Å². The van der Waals surface area contributed by atoms with Gasteiger partial charge in [-0.2, -0.15) is 11.8 Å². The van der Waals surface area contributed by atoms with Gasteiger partial charge in [0.25, 0.3) is 0 Å². The fraction of sp³-hybridized carbons (Fsp3) is 1.00. The van der Waals surface area contributed by atoms with Gasteiger partial charge in [0.05, 0.1) is 0 Å². The summed E-state index contributed by atoms with van der Waals surface area (Å²) in [6.07, 6.45) is 4.00. The van der Waals surface area contributed by atoms with Crippen molar-refractivity contribution in [2.75, 3.05) is 18.1 Å². The average molecular weight is 189 g/mol. The minimum Gasteiger partial charge on any atom is -0.313 e. The Morgan fingerprint density at radius 1 is 1.33 bits per heavy atom. The molecule has 1 atom stereocenters. The molecule has 0 aliphatic heterocycles. The zero-order chi connectivity index (χ0) is 9.23. The smallest absolute Gasteiger partial charge is 0.00580 e. The molecule has 0 aromatic rings. The molecule has 0 radical (unpaired) electrons. The Morgan fingerprint density at radius 3 is 2.67 bits per heavy atom. The van der Waals surface area contributed by atoms with E-state index in [1.165, 1.54) is 37.3 Å². The van der Waals surface area contributed by atoms with Crippen LogP contribution in [0.4, 0.5) is 0 Å². The van der Waals surface area contributed by atoms with Crippen LogP contribution in [0.1, 0.15) is 40.0 Å². The van der Waals surface area contributed by atoms with Crippen molar-refractivity contribution in [2.24, 2.45) is 0 Å². The number of rotatable bonds is 8. The van der Waals surface area contributed by atoms with Crippen molar-refractivity contribution in [3.05, 3.63) is 0 Å². The molecule has 74 valence electrons. The van der Waals surface area contributed by atoms with Gasteiger partial charge in [0.2, 0.25) is 0 Å². The molecule has 0 spiro atoms. The quantitative estimate of drug-likeness (QED) is 0.589. The Balaban J connectivity index is 3.02. The lowest BCUT2D eigenvalue weighted by atomic mass is 10.1. The molecule has 0 heterocycles. The largest absolute Gasteiger partial charge is 0.313 e. The topological polar surface area (TPSA) is 12.0 Å². The minimum atomic E-state index is 0.711. The van der Waals surface area contributed by atoms with Crippen LogP contribution in [0.3, 0.4) is 0 Å². The van der Waals surface area contributed by atoms with Crippen LogP contribution in [0, 0.1) is 0 Å². The van der Waals surface area contributed by atoms with Gasteiger partial charge in [-0.3, -0.25) is 0 Å². The molecule has 0 aliphatic rings. The van der Waals surface area contributed by atoms with Gasteiger partial charge in [-0.25, -0.2) is 0 Å². The number of nitrogens with one attached hydrogen (secondary N) is 1. The predicted molar refractivity (Wildman–Crippen MR) is 60.0 cm³/mol. The summed E-state index contributed by atoms with van der Waals surface area (Å²) in [5.74, 6) is 2.50. The lowest BCUT2D eigenvalue weighted by molar-refractivity contribution is 0.511. The van der Waals surface area contributed by atoms with Crippen LogP contribution in [0.25, 0.3) is 0 Å². The van der Waals surface area contributed by atoms with Gasteiger partial charge >= 0.3 is 0 Å². The van der Waals surface area contributed by atoms with Gasteiger partial charge in [-0.1, -0.05) is 26.7 Å². The molecule has 0 bridgehead atoms. The van der Waals surface area contributed by atoms with Gasteiger partial charge in [0.1, 0.15) is 0 Å². The highest BCUT2D eigenvalue weighted by Gasteiger charge is 1.98. The molecule has 0 aliphatic carbocycles. The molecule has 0 fully saturated rings. The lowest BCUT2D eigenvalue weighted by Crippen LogP contribution is -2.28. The molecular weight excluding hydrogens is 166 g/mol. The van der Waals surface area contributed by atoms with E-state index in [1.54, 1.807) is 0 Å². The van der Waals surface area contributed by atoms with Gasteiger partial charge < -0.3 is 5.32 Å². The number of thioether (sulfide) groups is 1. The van der Waals surface area contributed by atoms with E-state index >= 15 is 0 Å². The van der Waals surface area contributed by atoms with E-state index in [4.69, 9.17) is 0 Å². The normalized spacial score (nSPS) is 13.2. The molecule has 1 unspecified atom stereocenters. The Labute approximate surface area is 81.7 Å². The maximum atomic E-state index is 3.53. The van der Waals surface area contributed by atoms with Gasteiger partial charge in [0, 0.05) is 18.3 Å². The van der Waals surface area contributed by atoms with E-state index < -0.39 is 0 Å². The molecule has 1 N–H and O–H groups in total. The van der Waals surface area contributed by atoms with Crippen molar-refractivity contribution in [1.82, 2.24) is 5.32 Å². The monoisotopic (exact) mass is 189 g/mol. The number of hydrogen-bond donors (Lipinski definition) is 1. The first kappa shape index (κ1) is 12.3. The van der Waals surface area contributed by atoms with Crippen LogP contribution >= 0.6 is 11.8 Å². The van der Waals surface area contributed by atoms with Gasteiger partial charge in [0.15, 0.2) is 0 Å². The van der Waals surface area contributed by atoms with Crippen molar-refractivity contribution in [1.29, 1.82) is 0 Å². The summed E-state index contributed by atoms with van der Waals surface area (Å²) in [6.45, 7) is 7.92. The fourth-order valence-corrected chi connectivity index (χ4v) is 1.69. The zero-order valence-corrected chi connectivity index (χ0v) is 9.54. The summed E-state index contributed by atoms with van der Waals surface area (Å²) in [6, 6.07) is 0.711. The highest BCUT2D eigenvalue weighted by Crippen LogP contribution is 2.00. The maximum absolute atomic E-state index is 3.53. The van der Waals surface area contributed by atoms with Crippen molar-refractivity contribution in [2.45, 2.75) is 46.1 Å². The SMILES string of the molecule is CCCCC(C)NCCSCC. The second-order valence-electron chi connectivity index (χ2n) is 3.19. The Bertz CT molecular complexity index is 85.9. The van der Waals surface area contributed by atoms with E-state index in [2.05, 4.69) is 26.1 Å². The number of unbranched alkanes of at least 4 members (excludes halogenated alkanes) is 1. The summed E-state index contributed by atoms with van der Waals surface area (Å²) in [7, 11) is 0. The third-order valence-corrected chi connectivity index (χ3v) is 2.84. The Kier molecular flexibility index (Phi) is 9.64. The average Bonchev–Trinajstić information content (AvgIpc) is 2.09. The molecule has 0 aromatic carbocycles. The van der Waals surface area contributed by atoms with Crippen molar-refractivity contribution in [3.63, 3.8) is 0 Å². The van der Waals surface area contributed by atoms with Crippen LogP contribution in [0.2, 0.25) is 0 Å². The van der Waals surface area contributed by atoms with E-state index in [9.17, 15) is 0 Å². The molecule has 12 heavy (non-hydrogen) atoms. The first-order valence-electron chi connectivity index (χ1n) is 5.12. The molecular formula is C10H23NS. The minimum absolute atomic E-state index is 0.711. The van der Waals surface area contributed by atoms with Crippen LogP contribution in [0.5, 0.6) is 0 Å². The lowest BCUT2D eigenvalue weighted by Gasteiger charge is -2.12. The molecule has 0 aromatic heterocycles. The third kappa shape index (κ3) is 8.41. The highest BCUT2D eigenvalue weighted by molar-refractivity contribution is 7.99. The van der Waals surface area contributed by atoms with Crippen molar-refractivity contribution >= 4 is 11.8 Å². The van der Waals surface area contributed by atoms with Crippen LogP contribution in [-0.2, 0) is 0 Å². The molecule has 0 saturated heterocycles. The standard InChI is InChI=1S/C10H23NS/c1-4-6-7-10(3)11-8-9-12-5-2/h10-11H,4-9H2,1-3H3. The number of hydrogen-bond acceptors (Lipinski definition) is 2. The Hall–Kier alpha value is 0.310. The summed E-state index contributed by atoms with van der Waals surface area (Å²) in [4.78, 5) is 0.